The Bertz CT molecular complexity index is 1200. The second kappa shape index (κ2) is 9.58. The third-order valence-corrected chi connectivity index (χ3v) is 5.55. The van der Waals surface area contributed by atoms with Crippen molar-refractivity contribution in [3.63, 3.8) is 0 Å². The van der Waals surface area contributed by atoms with Crippen LogP contribution in [0.2, 0.25) is 0 Å². The molecule has 162 valence electrons. The number of aromatic nitrogens is 2. The summed E-state index contributed by atoms with van der Waals surface area (Å²) in [6, 6.07) is 10.7. The van der Waals surface area contributed by atoms with Gasteiger partial charge in [-0.15, -0.1) is 0 Å². The summed E-state index contributed by atoms with van der Waals surface area (Å²) in [5.41, 5.74) is 0.316. The normalized spacial score (nSPS) is 11.8. The van der Waals surface area contributed by atoms with Crippen molar-refractivity contribution in [3.8, 4) is 5.75 Å². The van der Waals surface area contributed by atoms with Crippen molar-refractivity contribution < 1.29 is 19.6 Å². The number of ether oxygens (including phenoxy) is 1. The third-order valence-electron chi connectivity index (χ3n) is 4.46. The van der Waals surface area contributed by atoms with Gasteiger partial charge in [0.2, 0.25) is 5.91 Å². The van der Waals surface area contributed by atoms with E-state index in [2.05, 4.69) is 10.3 Å². The van der Waals surface area contributed by atoms with E-state index in [1.165, 1.54) is 29.9 Å². The number of nitro groups is 1. The minimum atomic E-state index is -0.669. The number of nitro benzene ring substituents is 1. The number of aliphatic hydroxyl groups is 1. The number of aliphatic hydroxyl groups excluding tert-OH is 1. The lowest BCUT2D eigenvalue weighted by Crippen LogP contribution is -2.28. The average Bonchev–Trinajstić information content (AvgIpc) is 2.76. The van der Waals surface area contributed by atoms with Crippen LogP contribution in [-0.4, -0.2) is 44.5 Å². The summed E-state index contributed by atoms with van der Waals surface area (Å²) in [6.07, 6.45) is 0. The lowest BCUT2D eigenvalue weighted by Gasteiger charge is -2.16. The first-order valence-electron chi connectivity index (χ1n) is 9.26. The van der Waals surface area contributed by atoms with Crippen molar-refractivity contribution in [2.45, 2.75) is 23.9 Å². The topological polar surface area (TPSA) is 137 Å². The molecule has 2 N–H and O–H groups in total. The number of anilines is 1. The van der Waals surface area contributed by atoms with E-state index >= 15 is 0 Å². The number of amides is 1. The smallest absolute Gasteiger partial charge is 0.273 e. The molecule has 1 amide bonds. The fourth-order valence-electron chi connectivity index (χ4n) is 2.88. The molecule has 1 atom stereocenters. The quantitative estimate of drug-likeness (QED) is 0.234. The van der Waals surface area contributed by atoms with Crippen molar-refractivity contribution in [3.05, 3.63) is 62.9 Å². The summed E-state index contributed by atoms with van der Waals surface area (Å²) in [5, 5.41) is 23.0. The molecule has 0 saturated heterocycles. The number of para-hydroxylation sites is 1. The number of nitrogens with zero attached hydrogens (tertiary/aromatic N) is 3. The van der Waals surface area contributed by atoms with Crippen LogP contribution in [0.25, 0.3) is 10.9 Å². The number of rotatable bonds is 8. The summed E-state index contributed by atoms with van der Waals surface area (Å²) in [6.45, 7) is 1.43. The Morgan fingerprint density at radius 3 is 2.77 bits per heavy atom. The van der Waals surface area contributed by atoms with Crippen molar-refractivity contribution in [1.29, 1.82) is 0 Å². The molecule has 0 spiro atoms. The monoisotopic (exact) mass is 444 g/mol. The molecule has 31 heavy (non-hydrogen) atoms. The summed E-state index contributed by atoms with van der Waals surface area (Å²) in [7, 11) is 1.35. The minimum Gasteiger partial charge on any atom is -0.494 e. The number of thioether (sulfide) groups is 1. The van der Waals surface area contributed by atoms with Crippen LogP contribution in [0.15, 0.2) is 52.4 Å². The van der Waals surface area contributed by atoms with E-state index in [0.29, 0.717) is 16.1 Å². The number of nitrogens with one attached hydrogen (secondary N) is 1. The molecule has 1 aromatic heterocycles. The SMILES string of the molecule is COc1cc([N+](=O)[O-])ccc1NC(=O)C(C)Sc1nc2ccccc2c(=O)n1CCO. The molecule has 0 fully saturated rings. The zero-order chi connectivity index (χ0) is 22.5. The molecule has 1 heterocycles. The Morgan fingerprint density at radius 1 is 1.35 bits per heavy atom. The van der Waals surface area contributed by atoms with E-state index < -0.39 is 16.1 Å². The van der Waals surface area contributed by atoms with E-state index in [1.54, 1.807) is 31.2 Å². The van der Waals surface area contributed by atoms with Gasteiger partial charge in [0, 0.05) is 6.07 Å². The Balaban J connectivity index is 1.86. The number of hydrogen-bond acceptors (Lipinski definition) is 8. The van der Waals surface area contributed by atoms with Gasteiger partial charge in [-0.2, -0.15) is 0 Å². The van der Waals surface area contributed by atoms with E-state index in [0.717, 1.165) is 11.8 Å². The number of carbonyl (C=O) groups excluding carboxylic acids is 1. The van der Waals surface area contributed by atoms with Gasteiger partial charge < -0.3 is 15.2 Å². The fraction of sp³-hybridized carbons (Fsp3) is 0.250. The lowest BCUT2D eigenvalue weighted by molar-refractivity contribution is -0.384. The molecule has 0 radical (unpaired) electrons. The highest BCUT2D eigenvalue weighted by Crippen LogP contribution is 2.30. The molecular formula is C20H20N4O6S. The number of non-ortho nitro benzene ring substituents is 1. The first-order chi connectivity index (χ1) is 14.8. The number of fused-ring (bicyclic) bond motifs is 1. The molecule has 0 saturated carbocycles. The van der Waals surface area contributed by atoms with Gasteiger partial charge in [0.25, 0.3) is 11.2 Å². The zero-order valence-corrected chi connectivity index (χ0v) is 17.6. The second-order valence-electron chi connectivity index (χ2n) is 6.48. The van der Waals surface area contributed by atoms with Gasteiger partial charge in [-0.1, -0.05) is 23.9 Å². The van der Waals surface area contributed by atoms with Crippen LogP contribution < -0.4 is 15.6 Å². The number of methoxy groups -OCH3 is 1. The third kappa shape index (κ3) is 4.84. The molecule has 0 aliphatic rings. The number of hydrogen-bond donors (Lipinski definition) is 2. The Labute approximate surface area is 181 Å². The molecule has 0 aliphatic heterocycles. The van der Waals surface area contributed by atoms with Crippen LogP contribution in [0.1, 0.15) is 6.92 Å². The average molecular weight is 444 g/mol. The molecule has 10 nitrogen and oxygen atoms in total. The van der Waals surface area contributed by atoms with Crippen LogP contribution in [0.5, 0.6) is 5.75 Å². The van der Waals surface area contributed by atoms with Gasteiger partial charge >= 0.3 is 0 Å². The van der Waals surface area contributed by atoms with E-state index in [-0.39, 0.29) is 35.8 Å². The predicted octanol–water partition coefficient (Wildman–Crippen LogP) is 2.42. The molecule has 0 aliphatic carbocycles. The summed E-state index contributed by atoms with van der Waals surface area (Å²) < 4.78 is 6.48. The van der Waals surface area contributed by atoms with Gasteiger partial charge in [-0.05, 0) is 25.1 Å². The van der Waals surface area contributed by atoms with Crippen molar-refractivity contribution in [1.82, 2.24) is 9.55 Å². The highest BCUT2D eigenvalue weighted by molar-refractivity contribution is 8.00. The van der Waals surface area contributed by atoms with Crippen molar-refractivity contribution in [2.75, 3.05) is 19.0 Å². The van der Waals surface area contributed by atoms with Gasteiger partial charge in [-0.25, -0.2) is 4.98 Å². The van der Waals surface area contributed by atoms with Gasteiger partial charge in [0.05, 0.1) is 53.1 Å². The largest absolute Gasteiger partial charge is 0.494 e. The Morgan fingerprint density at radius 2 is 2.10 bits per heavy atom. The van der Waals surface area contributed by atoms with Crippen molar-refractivity contribution in [2.24, 2.45) is 0 Å². The van der Waals surface area contributed by atoms with Crippen LogP contribution in [0.4, 0.5) is 11.4 Å². The molecule has 1 unspecified atom stereocenters. The molecule has 3 aromatic rings. The number of carbonyl (C=O) groups is 1. The van der Waals surface area contributed by atoms with E-state index in [4.69, 9.17) is 4.74 Å². The van der Waals surface area contributed by atoms with Gasteiger partial charge in [-0.3, -0.25) is 24.3 Å². The minimum absolute atomic E-state index is 0.0452. The summed E-state index contributed by atoms with van der Waals surface area (Å²) >= 11 is 1.07. The maximum absolute atomic E-state index is 12.8. The first kappa shape index (κ1) is 22.2. The lowest BCUT2D eigenvalue weighted by atomic mass is 10.2. The van der Waals surface area contributed by atoms with Gasteiger partial charge in [0.1, 0.15) is 5.75 Å². The molecule has 11 heteroatoms. The zero-order valence-electron chi connectivity index (χ0n) is 16.8. The number of benzene rings is 2. The Hall–Kier alpha value is -3.44. The van der Waals surface area contributed by atoms with Crippen LogP contribution in [-0.2, 0) is 11.3 Å². The van der Waals surface area contributed by atoms with Crippen LogP contribution in [0.3, 0.4) is 0 Å². The van der Waals surface area contributed by atoms with E-state index in [1.807, 2.05) is 0 Å². The van der Waals surface area contributed by atoms with E-state index in [9.17, 15) is 24.8 Å². The maximum atomic E-state index is 12.8. The predicted molar refractivity (Wildman–Crippen MR) is 117 cm³/mol. The summed E-state index contributed by atoms with van der Waals surface area (Å²) in [4.78, 5) is 40.4. The fourth-order valence-corrected chi connectivity index (χ4v) is 3.81. The van der Waals surface area contributed by atoms with Crippen LogP contribution in [0, 0.1) is 10.1 Å². The van der Waals surface area contributed by atoms with Gasteiger partial charge in [0.15, 0.2) is 5.16 Å². The second-order valence-corrected chi connectivity index (χ2v) is 7.79. The summed E-state index contributed by atoms with van der Waals surface area (Å²) in [5.74, 6) is -0.254. The standard InChI is InChI=1S/C20H20N4O6S/c1-12(18(26)21-16-8-7-13(24(28)29)11-17(16)30-2)31-20-22-15-6-4-3-5-14(15)19(27)23(20)9-10-25/h3-8,11-12,25H,9-10H2,1-2H3,(H,21,26). The highest BCUT2D eigenvalue weighted by atomic mass is 32.2. The highest BCUT2D eigenvalue weighted by Gasteiger charge is 2.21. The maximum Gasteiger partial charge on any atom is 0.273 e. The molecule has 0 bridgehead atoms. The molecule has 3 rings (SSSR count). The van der Waals surface area contributed by atoms with Crippen molar-refractivity contribution >= 4 is 39.9 Å². The first-order valence-corrected chi connectivity index (χ1v) is 10.1. The molecule has 2 aromatic carbocycles. The van der Waals surface area contributed by atoms with Crippen LogP contribution >= 0.6 is 11.8 Å². The Kier molecular flexibility index (Phi) is 6.88. The molecular weight excluding hydrogens is 424 g/mol.